The van der Waals surface area contributed by atoms with Gasteiger partial charge in [0.05, 0.1) is 31.3 Å². The molecule has 0 saturated heterocycles. The summed E-state index contributed by atoms with van der Waals surface area (Å²) in [7, 11) is 3.25. The van der Waals surface area contributed by atoms with Crippen molar-refractivity contribution in [2.45, 2.75) is 13.1 Å². The molecule has 1 aliphatic rings. The third-order valence-corrected chi connectivity index (χ3v) is 5.97. The average Bonchev–Trinajstić information content (AvgIpc) is 3.13. The van der Waals surface area contributed by atoms with Crippen LogP contribution in [-0.4, -0.2) is 41.4 Å². The molecular weight excluding hydrogens is 398 g/mol. The molecule has 0 aliphatic carbocycles. The zero-order valence-corrected chi connectivity index (χ0v) is 17.0. The van der Waals surface area contributed by atoms with E-state index in [1.165, 1.54) is 11.3 Å². The molecule has 0 radical (unpaired) electrons. The summed E-state index contributed by atoms with van der Waals surface area (Å²) < 4.78 is 10.7. The van der Waals surface area contributed by atoms with Gasteiger partial charge >= 0.3 is 0 Å². The summed E-state index contributed by atoms with van der Waals surface area (Å²) in [5.41, 5.74) is 2.66. The Hall–Kier alpha value is -2.48. The number of carbonyl (C=O) groups is 1. The molecule has 0 unspecified atom stereocenters. The van der Waals surface area contributed by atoms with Crippen LogP contribution in [0.1, 0.15) is 20.9 Å². The normalized spacial score (nSPS) is 14.0. The number of Topliss-reactive ketones (excluding diaryl/α,β-unsaturated/α-hetero) is 1. The van der Waals surface area contributed by atoms with Gasteiger partial charge in [0.1, 0.15) is 21.7 Å². The van der Waals surface area contributed by atoms with E-state index in [1.807, 2.05) is 24.3 Å². The van der Waals surface area contributed by atoms with Gasteiger partial charge in [0.25, 0.3) is 0 Å². The van der Waals surface area contributed by atoms with E-state index < -0.39 is 0 Å². The van der Waals surface area contributed by atoms with Crippen molar-refractivity contribution in [1.82, 2.24) is 14.9 Å². The number of thiazole rings is 1. The van der Waals surface area contributed by atoms with E-state index in [0.29, 0.717) is 24.8 Å². The topological polar surface area (TPSA) is 64.5 Å². The number of rotatable bonds is 5. The van der Waals surface area contributed by atoms with Gasteiger partial charge in [-0.2, -0.15) is 0 Å². The Kier molecular flexibility index (Phi) is 5.30. The molecule has 0 fully saturated rings. The Morgan fingerprint density at radius 3 is 2.75 bits per heavy atom. The van der Waals surface area contributed by atoms with E-state index in [2.05, 4.69) is 14.9 Å². The number of ketones is 1. The molecule has 4 rings (SSSR count). The second-order valence-corrected chi connectivity index (χ2v) is 7.80. The molecule has 28 heavy (non-hydrogen) atoms. The standard InChI is InChI=1S/C20H18ClN3O3S/c1-26-14-5-3-13(17(7-14)27-2)9-24-10-15-19(16(25)11-24)28-20(23-15)12-4-6-18(21)22-8-12/h3-8H,9-11H2,1-2H3. The van der Waals surface area contributed by atoms with Crippen molar-refractivity contribution >= 4 is 28.7 Å². The maximum Gasteiger partial charge on any atom is 0.188 e. The van der Waals surface area contributed by atoms with E-state index in [1.54, 1.807) is 26.5 Å². The lowest BCUT2D eigenvalue weighted by Crippen LogP contribution is -2.34. The number of aromatic nitrogens is 2. The number of methoxy groups -OCH3 is 2. The fourth-order valence-corrected chi connectivity index (χ4v) is 4.29. The lowest BCUT2D eigenvalue weighted by Gasteiger charge is -2.25. The van der Waals surface area contributed by atoms with Crippen LogP contribution in [-0.2, 0) is 13.1 Å². The number of hydrogen-bond donors (Lipinski definition) is 0. The molecule has 1 aromatic carbocycles. The van der Waals surface area contributed by atoms with Gasteiger partial charge in [-0.05, 0) is 18.2 Å². The van der Waals surface area contributed by atoms with E-state index in [-0.39, 0.29) is 5.78 Å². The van der Waals surface area contributed by atoms with Gasteiger partial charge in [0.15, 0.2) is 5.78 Å². The lowest BCUT2D eigenvalue weighted by atomic mass is 10.1. The highest BCUT2D eigenvalue weighted by Crippen LogP contribution is 2.33. The quantitative estimate of drug-likeness (QED) is 0.585. The maximum atomic E-state index is 12.7. The number of hydrogen-bond acceptors (Lipinski definition) is 7. The molecule has 8 heteroatoms. The van der Waals surface area contributed by atoms with Gasteiger partial charge in [-0.1, -0.05) is 17.7 Å². The Bertz CT molecular complexity index is 1020. The molecule has 144 valence electrons. The predicted molar refractivity (Wildman–Crippen MR) is 108 cm³/mol. The lowest BCUT2D eigenvalue weighted by molar-refractivity contribution is 0.0897. The first-order valence-electron chi connectivity index (χ1n) is 8.65. The van der Waals surface area contributed by atoms with Gasteiger partial charge < -0.3 is 9.47 Å². The van der Waals surface area contributed by atoms with Crippen LogP contribution >= 0.6 is 22.9 Å². The number of benzene rings is 1. The van der Waals surface area contributed by atoms with Crippen LogP contribution in [0.15, 0.2) is 36.5 Å². The number of ether oxygens (including phenoxy) is 2. The van der Waals surface area contributed by atoms with Crippen LogP contribution in [0.4, 0.5) is 0 Å². The number of pyridine rings is 1. The Balaban J connectivity index is 1.57. The summed E-state index contributed by atoms with van der Waals surface area (Å²) in [6.45, 7) is 1.55. The first-order valence-corrected chi connectivity index (χ1v) is 9.85. The van der Waals surface area contributed by atoms with Crippen LogP contribution in [0.2, 0.25) is 5.15 Å². The smallest absolute Gasteiger partial charge is 0.188 e. The van der Waals surface area contributed by atoms with Gasteiger partial charge in [-0.25, -0.2) is 9.97 Å². The van der Waals surface area contributed by atoms with E-state index in [4.69, 9.17) is 21.1 Å². The Morgan fingerprint density at radius 1 is 1.18 bits per heavy atom. The summed E-state index contributed by atoms with van der Waals surface area (Å²) in [6, 6.07) is 9.29. The minimum atomic E-state index is 0.0828. The van der Waals surface area contributed by atoms with E-state index in [0.717, 1.165) is 38.2 Å². The molecule has 6 nitrogen and oxygen atoms in total. The molecule has 0 amide bonds. The molecule has 0 spiro atoms. The minimum Gasteiger partial charge on any atom is -0.497 e. The van der Waals surface area contributed by atoms with E-state index >= 15 is 0 Å². The van der Waals surface area contributed by atoms with Gasteiger partial charge in [0.2, 0.25) is 0 Å². The molecule has 1 aliphatic heterocycles. The third-order valence-electron chi connectivity index (χ3n) is 4.55. The van der Waals surface area contributed by atoms with Crippen LogP contribution in [0.5, 0.6) is 11.5 Å². The van der Waals surface area contributed by atoms with Gasteiger partial charge in [-0.3, -0.25) is 9.69 Å². The second kappa shape index (κ2) is 7.87. The molecule has 3 aromatic rings. The van der Waals surface area contributed by atoms with Crippen molar-refractivity contribution in [2.24, 2.45) is 0 Å². The van der Waals surface area contributed by atoms with Crippen molar-refractivity contribution in [1.29, 1.82) is 0 Å². The fourth-order valence-electron chi connectivity index (χ4n) is 3.18. The van der Waals surface area contributed by atoms with Crippen molar-refractivity contribution < 1.29 is 14.3 Å². The first kappa shape index (κ1) is 18.9. The summed E-state index contributed by atoms with van der Waals surface area (Å²) in [6.07, 6.45) is 1.68. The number of fused-ring (bicyclic) bond motifs is 1. The highest BCUT2D eigenvalue weighted by Gasteiger charge is 2.28. The van der Waals surface area contributed by atoms with Crippen molar-refractivity contribution in [3.05, 3.63) is 57.8 Å². The molecular formula is C20H18ClN3O3S. The van der Waals surface area contributed by atoms with Crippen LogP contribution in [0.3, 0.4) is 0 Å². The minimum absolute atomic E-state index is 0.0828. The highest BCUT2D eigenvalue weighted by molar-refractivity contribution is 7.17. The zero-order valence-electron chi connectivity index (χ0n) is 15.4. The Labute approximate surface area is 171 Å². The maximum absolute atomic E-state index is 12.7. The number of carbonyl (C=O) groups excluding carboxylic acids is 1. The van der Waals surface area contributed by atoms with E-state index in [9.17, 15) is 4.79 Å². The SMILES string of the molecule is COc1ccc(CN2CC(=O)c3sc(-c4ccc(Cl)nc4)nc3C2)c(OC)c1. The average molecular weight is 416 g/mol. The summed E-state index contributed by atoms with van der Waals surface area (Å²) >= 11 is 7.27. The summed E-state index contributed by atoms with van der Waals surface area (Å²) in [5.74, 6) is 1.56. The molecule has 0 N–H and O–H groups in total. The monoisotopic (exact) mass is 415 g/mol. The Morgan fingerprint density at radius 2 is 2.04 bits per heavy atom. The van der Waals surface area contributed by atoms with Crippen LogP contribution in [0, 0.1) is 0 Å². The number of nitrogens with zero attached hydrogens (tertiary/aromatic N) is 3. The van der Waals surface area contributed by atoms with Gasteiger partial charge in [0, 0.05) is 36.5 Å². The second-order valence-electron chi connectivity index (χ2n) is 6.41. The van der Waals surface area contributed by atoms with Gasteiger partial charge in [-0.15, -0.1) is 11.3 Å². The van der Waals surface area contributed by atoms with Crippen LogP contribution < -0.4 is 9.47 Å². The predicted octanol–water partition coefficient (Wildman–Crippen LogP) is 4.07. The molecule has 3 heterocycles. The van der Waals surface area contributed by atoms with Crippen molar-refractivity contribution in [2.75, 3.05) is 20.8 Å². The van der Waals surface area contributed by atoms with Crippen LogP contribution in [0.25, 0.3) is 10.6 Å². The summed E-state index contributed by atoms with van der Waals surface area (Å²) in [4.78, 5) is 24.3. The fraction of sp³-hybridized carbons (Fsp3) is 0.250. The highest BCUT2D eigenvalue weighted by atomic mass is 35.5. The third kappa shape index (κ3) is 3.73. The number of halogens is 1. The summed E-state index contributed by atoms with van der Waals surface area (Å²) in [5, 5.41) is 1.21. The largest absolute Gasteiger partial charge is 0.497 e. The molecule has 2 aromatic heterocycles. The molecule has 0 bridgehead atoms. The van der Waals surface area contributed by atoms with Crippen molar-refractivity contribution in [3.63, 3.8) is 0 Å². The van der Waals surface area contributed by atoms with Crippen molar-refractivity contribution in [3.8, 4) is 22.1 Å². The molecule has 0 saturated carbocycles. The zero-order chi connectivity index (χ0) is 19.7. The first-order chi connectivity index (χ1) is 13.6. The molecule has 0 atom stereocenters.